The van der Waals surface area contributed by atoms with E-state index in [0.717, 1.165) is 27.6 Å². The molecule has 0 aliphatic carbocycles. The largest absolute Gasteiger partial charge is 0.406 e. The van der Waals surface area contributed by atoms with Crippen LogP contribution in [0.2, 0.25) is 0 Å². The third kappa shape index (κ3) is 3.97. The van der Waals surface area contributed by atoms with Gasteiger partial charge in [-0.05, 0) is 60.8 Å². The highest BCUT2D eigenvalue weighted by Crippen LogP contribution is 2.31. The first-order valence-corrected chi connectivity index (χ1v) is 8.79. The first-order chi connectivity index (χ1) is 11.2. The van der Waals surface area contributed by atoms with E-state index >= 15 is 0 Å². The molecule has 132 valence electrons. The third-order valence-corrected chi connectivity index (χ3v) is 4.95. The van der Waals surface area contributed by atoms with Crippen molar-refractivity contribution in [2.24, 2.45) is 0 Å². The fourth-order valence-electron chi connectivity index (χ4n) is 3.17. The number of hydrogen-bond acceptors (Lipinski definition) is 3. The van der Waals surface area contributed by atoms with Crippen molar-refractivity contribution in [3.63, 3.8) is 0 Å². The molecule has 1 aromatic carbocycles. The van der Waals surface area contributed by atoms with Gasteiger partial charge in [0, 0.05) is 27.4 Å². The normalized spacial score (nSPS) is 22.9. The topological polar surface area (TPSA) is 40.4 Å². The van der Waals surface area contributed by atoms with Crippen molar-refractivity contribution < 1.29 is 18.3 Å². The molecule has 0 radical (unpaired) electrons. The van der Waals surface area contributed by atoms with E-state index < -0.39 is 18.8 Å². The number of likely N-dealkylation sites (tertiary alicyclic amines) is 1. The monoisotopic (exact) mass is 453 g/mol. The molecule has 2 N–H and O–H groups in total. The van der Waals surface area contributed by atoms with Crippen molar-refractivity contribution in [1.82, 2.24) is 9.47 Å². The van der Waals surface area contributed by atoms with Crippen LogP contribution in [0.3, 0.4) is 0 Å². The first kappa shape index (κ1) is 17.8. The average molecular weight is 453 g/mol. The van der Waals surface area contributed by atoms with Crippen LogP contribution in [0, 0.1) is 3.57 Å². The second-order valence-corrected chi connectivity index (χ2v) is 7.56. The molecule has 0 spiro atoms. The molecule has 2 aromatic rings. The van der Waals surface area contributed by atoms with Crippen LogP contribution in [0.15, 0.2) is 24.4 Å². The summed E-state index contributed by atoms with van der Waals surface area (Å²) in [5, 5.41) is 14.3. The third-order valence-electron chi connectivity index (χ3n) is 4.33. The van der Waals surface area contributed by atoms with E-state index in [1.54, 1.807) is 12.1 Å². The van der Waals surface area contributed by atoms with Crippen LogP contribution in [0.1, 0.15) is 6.42 Å². The number of halogens is 4. The smallest absolute Gasteiger partial charge is 0.390 e. The van der Waals surface area contributed by atoms with Gasteiger partial charge in [-0.15, -0.1) is 0 Å². The van der Waals surface area contributed by atoms with Gasteiger partial charge in [-0.1, -0.05) is 0 Å². The molecular weight excluding hydrogens is 434 g/mol. The van der Waals surface area contributed by atoms with Gasteiger partial charge in [0.05, 0.1) is 17.7 Å². The summed E-state index contributed by atoms with van der Waals surface area (Å²) < 4.78 is 40.3. The van der Waals surface area contributed by atoms with Crippen molar-refractivity contribution in [2.45, 2.75) is 31.3 Å². The second kappa shape index (κ2) is 6.72. The van der Waals surface area contributed by atoms with Gasteiger partial charge in [0.2, 0.25) is 0 Å². The van der Waals surface area contributed by atoms with Crippen LogP contribution < -0.4 is 5.32 Å². The van der Waals surface area contributed by atoms with E-state index in [4.69, 9.17) is 0 Å². The standard InChI is InChI=1S/C16H19F3IN3O/c1-22-4-3-12(15(24)8-22)21-13-6-10(20)7-14-11(13)2-5-23(14)9-16(17,18)19/h2,5-7,12,15,21,24H,3-4,8-9H2,1H3. The number of benzene rings is 1. The second-order valence-electron chi connectivity index (χ2n) is 6.31. The number of nitrogens with one attached hydrogen (secondary N) is 1. The van der Waals surface area contributed by atoms with Crippen LogP contribution >= 0.6 is 22.6 Å². The summed E-state index contributed by atoms with van der Waals surface area (Å²) in [5.41, 5.74) is 1.32. The maximum absolute atomic E-state index is 12.7. The minimum absolute atomic E-state index is 0.103. The average Bonchev–Trinajstić information content (AvgIpc) is 2.83. The Morgan fingerprint density at radius 2 is 2.12 bits per heavy atom. The molecule has 1 aliphatic rings. The number of alkyl halides is 3. The molecule has 3 rings (SSSR count). The van der Waals surface area contributed by atoms with E-state index in [0.29, 0.717) is 12.1 Å². The highest BCUT2D eigenvalue weighted by molar-refractivity contribution is 14.1. The number of nitrogens with zero attached hydrogens (tertiary/aromatic N) is 2. The van der Waals surface area contributed by atoms with E-state index in [2.05, 4.69) is 32.8 Å². The van der Waals surface area contributed by atoms with Gasteiger partial charge in [0.25, 0.3) is 0 Å². The molecule has 2 heterocycles. The van der Waals surface area contributed by atoms with Crippen LogP contribution in [0.4, 0.5) is 18.9 Å². The summed E-state index contributed by atoms with van der Waals surface area (Å²) in [6.07, 6.45) is -2.52. The van der Waals surface area contributed by atoms with Gasteiger partial charge in [0.1, 0.15) is 6.54 Å². The molecule has 1 aliphatic heterocycles. The number of piperidine rings is 1. The summed E-state index contributed by atoms with van der Waals surface area (Å²) in [5.74, 6) is 0. The van der Waals surface area contributed by atoms with Crippen molar-refractivity contribution in [2.75, 3.05) is 25.5 Å². The molecule has 0 amide bonds. The number of aromatic nitrogens is 1. The van der Waals surface area contributed by atoms with Crippen LogP contribution in [-0.4, -0.2) is 53.0 Å². The summed E-state index contributed by atoms with van der Waals surface area (Å²) in [7, 11) is 1.96. The fourth-order valence-corrected chi connectivity index (χ4v) is 3.78. The minimum Gasteiger partial charge on any atom is -0.390 e. The van der Waals surface area contributed by atoms with Crippen molar-refractivity contribution in [1.29, 1.82) is 0 Å². The number of hydrogen-bond donors (Lipinski definition) is 2. The summed E-state index contributed by atoms with van der Waals surface area (Å²) in [6.45, 7) is 0.448. The SMILES string of the molecule is CN1CCC(Nc2cc(I)cc3c2ccn3CC(F)(F)F)C(O)C1. The molecule has 4 nitrogen and oxygen atoms in total. The predicted octanol–water partition coefficient (Wildman–Crippen LogP) is 3.29. The van der Waals surface area contributed by atoms with E-state index in [9.17, 15) is 18.3 Å². The zero-order valence-corrected chi connectivity index (χ0v) is 15.3. The highest BCUT2D eigenvalue weighted by Gasteiger charge is 2.29. The van der Waals surface area contributed by atoms with Gasteiger partial charge in [0.15, 0.2) is 0 Å². The maximum atomic E-state index is 12.7. The Kier molecular flexibility index (Phi) is 4.99. The lowest BCUT2D eigenvalue weighted by molar-refractivity contribution is -0.139. The van der Waals surface area contributed by atoms with Crippen LogP contribution in [-0.2, 0) is 6.54 Å². The fraction of sp³-hybridized carbons (Fsp3) is 0.500. The minimum atomic E-state index is -4.26. The van der Waals surface area contributed by atoms with Crippen molar-refractivity contribution in [3.05, 3.63) is 28.0 Å². The molecule has 8 heteroatoms. The number of fused-ring (bicyclic) bond motifs is 1. The van der Waals surface area contributed by atoms with Crippen molar-refractivity contribution >= 4 is 39.2 Å². The lowest BCUT2D eigenvalue weighted by atomic mass is 10.0. The number of β-amino-alcohol motifs (C(OH)–C–C–N with tert-alkyl or cyclic N) is 1. The molecule has 0 saturated carbocycles. The van der Waals surface area contributed by atoms with Crippen LogP contribution in [0.25, 0.3) is 10.9 Å². The number of aliphatic hydroxyl groups is 1. The Labute approximate surface area is 151 Å². The zero-order chi connectivity index (χ0) is 17.5. The lowest BCUT2D eigenvalue weighted by Crippen LogP contribution is -2.48. The highest BCUT2D eigenvalue weighted by atomic mass is 127. The molecule has 1 saturated heterocycles. The van der Waals surface area contributed by atoms with Gasteiger partial charge in [-0.25, -0.2) is 0 Å². The first-order valence-electron chi connectivity index (χ1n) is 7.71. The lowest BCUT2D eigenvalue weighted by Gasteiger charge is -2.34. The quantitative estimate of drug-likeness (QED) is 0.702. The summed E-state index contributed by atoms with van der Waals surface area (Å²) in [4.78, 5) is 2.06. The maximum Gasteiger partial charge on any atom is 0.406 e. The summed E-state index contributed by atoms with van der Waals surface area (Å²) >= 11 is 2.10. The molecule has 24 heavy (non-hydrogen) atoms. The van der Waals surface area contributed by atoms with Gasteiger partial charge in [-0.3, -0.25) is 0 Å². The molecule has 2 unspecified atom stereocenters. The zero-order valence-electron chi connectivity index (χ0n) is 13.1. The predicted molar refractivity (Wildman–Crippen MR) is 96.2 cm³/mol. The number of rotatable bonds is 3. The number of likely N-dealkylation sites (N-methyl/N-ethyl adjacent to an activating group) is 1. The van der Waals surface area contributed by atoms with E-state index in [1.807, 2.05) is 13.1 Å². The van der Waals surface area contributed by atoms with Crippen LogP contribution in [0.5, 0.6) is 0 Å². The van der Waals surface area contributed by atoms with E-state index in [1.165, 1.54) is 10.8 Å². The molecule has 0 bridgehead atoms. The number of aliphatic hydroxyl groups excluding tert-OH is 1. The Morgan fingerprint density at radius 1 is 1.38 bits per heavy atom. The molecule has 2 atom stereocenters. The Bertz CT molecular complexity index is 731. The Hall–Kier alpha value is -1.00. The molecule has 1 fully saturated rings. The molecule has 1 aromatic heterocycles. The Morgan fingerprint density at radius 3 is 2.79 bits per heavy atom. The van der Waals surface area contributed by atoms with E-state index in [-0.39, 0.29) is 6.04 Å². The Balaban J connectivity index is 1.91. The van der Waals surface area contributed by atoms with Gasteiger partial charge >= 0.3 is 6.18 Å². The summed E-state index contributed by atoms with van der Waals surface area (Å²) in [6, 6.07) is 5.25. The van der Waals surface area contributed by atoms with Crippen molar-refractivity contribution in [3.8, 4) is 0 Å². The van der Waals surface area contributed by atoms with Gasteiger partial charge in [-0.2, -0.15) is 13.2 Å². The van der Waals surface area contributed by atoms with Gasteiger partial charge < -0.3 is 19.9 Å². The molecular formula is C16H19F3IN3O. The number of anilines is 1.